The number of para-hydroxylation sites is 2. The number of ether oxygens (including phenoxy) is 1. The monoisotopic (exact) mass is 321 g/mol. The second-order valence-corrected chi connectivity index (χ2v) is 6.12. The molecule has 1 aromatic heterocycles. The van der Waals surface area contributed by atoms with Crippen molar-refractivity contribution in [2.75, 3.05) is 18.5 Å². The zero-order valence-corrected chi connectivity index (χ0v) is 13.3. The summed E-state index contributed by atoms with van der Waals surface area (Å²) in [7, 11) is 0. The molecule has 0 bridgehead atoms. The van der Waals surface area contributed by atoms with E-state index in [4.69, 9.17) is 4.74 Å². The van der Waals surface area contributed by atoms with Gasteiger partial charge < -0.3 is 9.72 Å². The number of hydrogen-bond donors (Lipinski definition) is 2. The molecule has 1 aliphatic rings. The third kappa shape index (κ3) is 2.57. The molecule has 0 unspecified atom stereocenters. The van der Waals surface area contributed by atoms with Gasteiger partial charge in [0.25, 0.3) is 0 Å². The van der Waals surface area contributed by atoms with Crippen LogP contribution in [0.2, 0.25) is 0 Å². The van der Waals surface area contributed by atoms with Crippen LogP contribution in [0.1, 0.15) is 18.4 Å². The second kappa shape index (κ2) is 6.09. The van der Waals surface area contributed by atoms with Gasteiger partial charge >= 0.3 is 0 Å². The highest BCUT2D eigenvalue weighted by atomic mass is 16.5. The van der Waals surface area contributed by atoms with Crippen LogP contribution in [0.25, 0.3) is 11.0 Å². The quantitative estimate of drug-likeness (QED) is 0.778. The Morgan fingerprint density at radius 3 is 2.50 bits per heavy atom. The summed E-state index contributed by atoms with van der Waals surface area (Å²) >= 11 is 0. The van der Waals surface area contributed by atoms with Crippen LogP contribution in [0, 0.1) is 0 Å². The smallest absolute Gasteiger partial charge is 0.237 e. The van der Waals surface area contributed by atoms with E-state index < -0.39 is 5.41 Å². The van der Waals surface area contributed by atoms with Crippen LogP contribution in [-0.4, -0.2) is 29.1 Å². The molecular formula is C19H19N3O2. The number of amides is 1. The van der Waals surface area contributed by atoms with Crippen LogP contribution in [0.5, 0.6) is 0 Å². The molecule has 24 heavy (non-hydrogen) atoms. The third-order valence-corrected chi connectivity index (χ3v) is 4.73. The molecule has 2 aromatic carbocycles. The summed E-state index contributed by atoms with van der Waals surface area (Å²) < 4.78 is 5.49. The average Bonchev–Trinajstić information content (AvgIpc) is 3.05. The molecule has 122 valence electrons. The maximum Gasteiger partial charge on any atom is 0.237 e. The van der Waals surface area contributed by atoms with Crippen molar-refractivity contribution < 1.29 is 9.53 Å². The topological polar surface area (TPSA) is 67.0 Å². The first-order valence-electron chi connectivity index (χ1n) is 8.17. The number of hydrogen-bond acceptors (Lipinski definition) is 3. The van der Waals surface area contributed by atoms with E-state index in [1.807, 2.05) is 54.6 Å². The molecule has 4 rings (SSSR count). The van der Waals surface area contributed by atoms with Crippen molar-refractivity contribution in [2.24, 2.45) is 0 Å². The Balaban J connectivity index is 1.66. The number of imidazole rings is 1. The number of benzene rings is 2. The Kier molecular flexibility index (Phi) is 3.78. The summed E-state index contributed by atoms with van der Waals surface area (Å²) in [6, 6.07) is 17.7. The first kappa shape index (κ1) is 14.9. The number of aromatic nitrogens is 2. The molecule has 1 aliphatic heterocycles. The molecule has 0 spiro atoms. The number of rotatable bonds is 3. The number of aromatic amines is 1. The van der Waals surface area contributed by atoms with Gasteiger partial charge in [0, 0.05) is 13.2 Å². The molecule has 5 heteroatoms. The molecule has 5 nitrogen and oxygen atoms in total. The van der Waals surface area contributed by atoms with Crippen LogP contribution in [0.4, 0.5) is 5.95 Å². The van der Waals surface area contributed by atoms with Gasteiger partial charge in [-0.1, -0.05) is 42.5 Å². The summed E-state index contributed by atoms with van der Waals surface area (Å²) in [5.41, 5.74) is 2.21. The van der Waals surface area contributed by atoms with E-state index in [-0.39, 0.29) is 5.91 Å². The van der Waals surface area contributed by atoms with Crippen LogP contribution in [-0.2, 0) is 14.9 Å². The van der Waals surface area contributed by atoms with Gasteiger partial charge in [-0.05, 0) is 30.5 Å². The summed E-state index contributed by atoms with van der Waals surface area (Å²) in [5.74, 6) is 0.457. The molecule has 0 atom stereocenters. The van der Waals surface area contributed by atoms with Crippen molar-refractivity contribution in [1.82, 2.24) is 9.97 Å². The minimum absolute atomic E-state index is 0.0314. The number of carbonyl (C=O) groups is 1. The van der Waals surface area contributed by atoms with Crippen molar-refractivity contribution in [3.8, 4) is 0 Å². The number of anilines is 1. The van der Waals surface area contributed by atoms with Crippen LogP contribution in [0.3, 0.4) is 0 Å². The molecule has 3 aromatic rings. The summed E-state index contributed by atoms with van der Waals surface area (Å²) in [4.78, 5) is 20.8. The van der Waals surface area contributed by atoms with Gasteiger partial charge in [0.1, 0.15) is 0 Å². The fraction of sp³-hybridized carbons (Fsp3) is 0.263. The number of nitrogens with zero attached hydrogens (tertiary/aromatic N) is 1. The maximum atomic E-state index is 13.1. The fourth-order valence-electron chi connectivity index (χ4n) is 3.36. The molecule has 2 heterocycles. The van der Waals surface area contributed by atoms with E-state index >= 15 is 0 Å². The Morgan fingerprint density at radius 2 is 1.75 bits per heavy atom. The normalized spacial score (nSPS) is 16.8. The van der Waals surface area contributed by atoms with Crippen molar-refractivity contribution in [2.45, 2.75) is 18.3 Å². The van der Waals surface area contributed by atoms with Gasteiger partial charge in [-0.25, -0.2) is 4.98 Å². The predicted octanol–water partition coefficient (Wildman–Crippen LogP) is 3.25. The highest BCUT2D eigenvalue weighted by molar-refractivity contribution is 5.99. The van der Waals surface area contributed by atoms with Crippen LogP contribution in [0.15, 0.2) is 54.6 Å². The lowest BCUT2D eigenvalue weighted by Gasteiger charge is -2.35. The zero-order valence-electron chi connectivity index (χ0n) is 13.3. The molecule has 1 saturated heterocycles. The Hall–Kier alpha value is -2.66. The number of H-pyrrole nitrogens is 1. The van der Waals surface area contributed by atoms with Gasteiger partial charge in [0.15, 0.2) is 0 Å². The minimum atomic E-state index is -0.571. The molecule has 0 aliphatic carbocycles. The first-order valence-corrected chi connectivity index (χ1v) is 8.17. The van der Waals surface area contributed by atoms with E-state index in [1.165, 1.54) is 0 Å². The lowest BCUT2D eigenvalue weighted by molar-refractivity contribution is -0.125. The van der Waals surface area contributed by atoms with Crippen molar-refractivity contribution in [1.29, 1.82) is 0 Å². The second-order valence-electron chi connectivity index (χ2n) is 6.12. The van der Waals surface area contributed by atoms with E-state index in [0.29, 0.717) is 32.0 Å². The SMILES string of the molecule is O=C(Nc1nc2ccccc2[nH]1)C1(c2ccccc2)CCOCC1. The van der Waals surface area contributed by atoms with Crippen molar-refractivity contribution in [3.05, 3.63) is 60.2 Å². The molecule has 1 amide bonds. The van der Waals surface area contributed by atoms with Crippen molar-refractivity contribution in [3.63, 3.8) is 0 Å². The Labute approximate surface area is 140 Å². The molecule has 2 N–H and O–H groups in total. The van der Waals surface area contributed by atoms with E-state index in [0.717, 1.165) is 16.6 Å². The van der Waals surface area contributed by atoms with Crippen LogP contribution < -0.4 is 5.32 Å². The Morgan fingerprint density at radius 1 is 1.04 bits per heavy atom. The maximum absolute atomic E-state index is 13.1. The van der Waals surface area contributed by atoms with Gasteiger partial charge in [-0.15, -0.1) is 0 Å². The number of fused-ring (bicyclic) bond motifs is 1. The lowest BCUT2D eigenvalue weighted by Crippen LogP contribution is -2.45. The van der Waals surface area contributed by atoms with E-state index in [2.05, 4.69) is 15.3 Å². The summed E-state index contributed by atoms with van der Waals surface area (Å²) in [5, 5.41) is 2.98. The summed E-state index contributed by atoms with van der Waals surface area (Å²) in [6.45, 7) is 1.17. The fourth-order valence-corrected chi connectivity index (χ4v) is 3.36. The minimum Gasteiger partial charge on any atom is -0.381 e. The Bertz CT molecular complexity index is 818. The lowest BCUT2D eigenvalue weighted by atomic mass is 9.73. The largest absolute Gasteiger partial charge is 0.381 e. The number of nitrogens with one attached hydrogen (secondary N) is 2. The molecule has 0 radical (unpaired) electrons. The van der Waals surface area contributed by atoms with E-state index in [9.17, 15) is 4.79 Å². The highest BCUT2D eigenvalue weighted by Gasteiger charge is 2.41. The number of carbonyl (C=O) groups excluding carboxylic acids is 1. The molecule has 1 fully saturated rings. The van der Waals surface area contributed by atoms with Crippen molar-refractivity contribution >= 4 is 22.9 Å². The standard InChI is InChI=1S/C19H19N3O2/c23-17(22-18-20-15-8-4-5-9-16(15)21-18)19(10-12-24-13-11-19)14-6-2-1-3-7-14/h1-9H,10-13H2,(H2,20,21,22,23). The average molecular weight is 321 g/mol. The van der Waals surface area contributed by atoms with Gasteiger partial charge in [-0.2, -0.15) is 0 Å². The molecule has 0 saturated carbocycles. The van der Waals surface area contributed by atoms with Gasteiger partial charge in [0.05, 0.1) is 16.4 Å². The zero-order chi connectivity index (χ0) is 16.4. The molecular weight excluding hydrogens is 302 g/mol. The van der Waals surface area contributed by atoms with Gasteiger partial charge in [-0.3, -0.25) is 10.1 Å². The van der Waals surface area contributed by atoms with Gasteiger partial charge in [0.2, 0.25) is 11.9 Å². The highest BCUT2D eigenvalue weighted by Crippen LogP contribution is 2.36. The van der Waals surface area contributed by atoms with E-state index in [1.54, 1.807) is 0 Å². The van der Waals surface area contributed by atoms with Crippen LogP contribution >= 0.6 is 0 Å². The first-order chi connectivity index (χ1) is 11.8. The summed E-state index contributed by atoms with van der Waals surface area (Å²) in [6.07, 6.45) is 1.34. The predicted molar refractivity (Wildman–Crippen MR) is 92.9 cm³/mol. The third-order valence-electron chi connectivity index (χ3n) is 4.73.